The number of rotatable bonds is 10. The third-order valence-corrected chi connectivity index (χ3v) is 9.07. The van der Waals surface area contributed by atoms with Crippen LogP contribution in [0.4, 0.5) is 0 Å². The van der Waals surface area contributed by atoms with E-state index >= 15 is 0 Å². The molecule has 0 radical (unpaired) electrons. The summed E-state index contributed by atoms with van der Waals surface area (Å²) in [7, 11) is 1.55. The molecule has 0 N–H and O–H groups in total. The minimum atomic E-state index is -0.842. The van der Waals surface area contributed by atoms with E-state index in [1.165, 1.54) is 11.3 Å². The molecule has 4 aromatic carbocycles. The van der Waals surface area contributed by atoms with Crippen LogP contribution >= 0.6 is 22.9 Å². The van der Waals surface area contributed by atoms with E-state index in [0.29, 0.717) is 55.7 Å². The maximum atomic E-state index is 14.3. The molecule has 0 saturated heterocycles. The second-order valence-corrected chi connectivity index (χ2v) is 12.2. The number of hydrogen-bond acceptors (Lipinski definition) is 7. The summed E-state index contributed by atoms with van der Waals surface area (Å²) in [4.78, 5) is 33.2. The van der Waals surface area contributed by atoms with Gasteiger partial charge in [-0.1, -0.05) is 96.9 Å². The molecule has 1 aliphatic rings. The van der Waals surface area contributed by atoms with Gasteiger partial charge in [0.05, 0.1) is 29.5 Å². The Morgan fingerprint density at radius 1 is 1.00 bits per heavy atom. The van der Waals surface area contributed by atoms with Crippen molar-refractivity contribution in [3.05, 3.63) is 138 Å². The summed E-state index contributed by atoms with van der Waals surface area (Å²) >= 11 is 7.73. The van der Waals surface area contributed by atoms with E-state index in [4.69, 9.17) is 30.8 Å². The fourth-order valence-corrected chi connectivity index (χ4v) is 6.97. The Bertz CT molecular complexity index is 2140. The van der Waals surface area contributed by atoms with Gasteiger partial charge in [-0.3, -0.25) is 9.36 Å². The van der Waals surface area contributed by atoms with Crippen LogP contribution in [0.2, 0.25) is 5.02 Å². The average molecular weight is 653 g/mol. The molecule has 46 heavy (non-hydrogen) atoms. The molecule has 1 aliphatic heterocycles. The summed E-state index contributed by atoms with van der Waals surface area (Å²) in [6.07, 6.45) is 3.10. The zero-order valence-corrected chi connectivity index (χ0v) is 27.4. The van der Waals surface area contributed by atoms with Crippen molar-refractivity contribution in [2.75, 3.05) is 13.7 Å². The van der Waals surface area contributed by atoms with Crippen molar-refractivity contribution >= 4 is 45.8 Å². The van der Waals surface area contributed by atoms with E-state index < -0.39 is 12.0 Å². The van der Waals surface area contributed by atoms with Gasteiger partial charge in [-0.25, -0.2) is 9.79 Å². The summed E-state index contributed by atoms with van der Waals surface area (Å²) in [5.74, 6) is 0.618. The number of carbonyl (C=O) groups is 1. The van der Waals surface area contributed by atoms with Crippen LogP contribution in [-0.2, 0) is 16.1 Å². The minimum Gasteiger partial charge on any atom is -0.496 e. The molecule has 0 unspecified atom stereocenters. The SMILES string of the molecule is CCCC1=C(C(=O)OCC)[C@@H](c2cc(Cl)ccc2OC)n2c(s/c(=C/c3ccccc3OCc3cccc4ccccc34)c2=O)=N1. The second kappa shape index (κ2) is 13.8. The predicted molar refractivity (Wildman–Crippen MR) is 182 cm³/mol. The first-order chi connectivity index (χ1) is 22.4. The van der Waals surface area contributed by atoms with Gasteiger partial charge in [0.2, 0.25) is 0 Å². The molecule has 0 spiro atoms. The van der Waals surface area contributed by atoms with Gasteiger partial charge in [-0.2, -0.15) is 0 Å². The van der Waals surface area contributed by atoms with Crippen molar-refractivity contribution in [1.29, 1.82) is 0 Å². The molecular formula is C37H33ClN2O5S. The van der Waals surface area contributed by atoms with Crippen LogP contribution in [0.25, 0.3) is 16.8 Å². The number of nitrogens with zero attached hydrogens (tertiary/aromatic N) is 2. The first-order valence-corrected chi connectivity index (χ1v) is 16.4. The maximum absolute atomic E-state index is 14.3. The van der Waals surface area contributed by atoms with Crippen LogP contribution < -0.4 is 24.4 Å². The number of aromatic nitrogens is 1. The lowest BCUT2D eigenvalue weighted by molar-refractivity contribution is -0.139. The number of para-hydroxylation sites is 1. The molecule has 1 atom stereocenters. The molecule has 2 heterocycles. The van der Waals surface area contributed by atoms with Gasteiger partial charge in [-0.05, 0) is 60.0 Å². The van der Waals surface area contributed by atoms with Crippen molar-refractivity contribution in [1.82, 2.24) is 4.57 Å². The van der Waals surface area contributed by atoms with Gasteiger partial charge < -0.3 is 14.2 Å². The van der Waals surface area contributed by atoms with Crippen molar-refractivity contribution < 1.29 is 19.0 Å². The molecule has 7 nitrogen and oxygen atoms in total. The Balaban J connectivity index is 1.48. The fourth-order valence-electron chi connectivity index (χ4n) is 5.78. The van der Waals surface area contributed by atoms with Crippen molar-refractivity contribution in [3.63, 3.8) is 0 Å². The molecule has 5 aromatic rings. The molecule has 0 bridgehead atoms. The van der Waals surface area contributed by atoms with Crippen LogP contribution in [0, 0.1) is 0 Å². The monoisotopic (exact) mass is 652 g/mol. The van der Waals surface area contributed by atoms with Crippen LogP contribution in [0.15, 0.2) is 106 Å². The Morgan fingerprint density at radius 3 is 2.59 bits per heavy atom. The summed E-state index contributed by atoms with van der Waals surface area (Å²) in [6, 6.07) is 26.3. The molecule has 0 amide bonds. The van der Waals surface area contributed by atoms with Gasteiger partial charge in [0.1, 0.15) is 24.1 Å². The minimum absolute atomic E-state index is 0.182. The highest BCUT2D eigenvalue weighted by Gasteiger charge is 2.36. The summed E-state index contributed by atoms with van der Waals surface area (Å²) in [6.45, 7) is 4.32. The zero-order chi connectivity index (χ0) is 32.2. The highest BCUT2D eigenvalue weighted by molar-refractivity contribution is 7.07. The highest BCUT2D eigenvalue weighted by atomic mass is 35.5. The molecule has 1 aromatic heterocycles. The number of hydrogen-bond donors (Lipinski definition) is 0. The molecule has 0 aliphatic carbocycles. The summed E-state index contributed by atoms with van der Waals surface area (Å²) in [5.41, 5.74) is 2.99. The number of allylic oxidation sites excluding steroid dienone is 1. The number of ether oxygens (including phenoxy) is 3. The Labute approximate surface area is 275 Å². The smallest absolute Gasteiger partial charge is 0.338 e. The van der Waals surface area contributed by atoms with Crippen LogP contribution in [0.3, 0.4) is 0 Å². The van der Waals surface area contributed by atoms with E-state index in [9.17, 15) is 9.59 Å². The van der Waals surface area contributed by atoms with Gasteiger partial charge in [0, 0.05) is 16.1 Å². The normalized spacial score (nSPS) is 14.6. The molecule has 234 valence electrons. The zero-order valence-electron chi connectivity index (χ0n) is 25.8. The maximum Gasteiger partial charge on any atom is 0.338 e. The van der Waals surface area contributed by atoms with E-state index in [1.807, 2.05) is 55.5 Å². The molecule has 0 fully saturated rings. The van der Waals surface area contributed by atoms with Gasteiger partial charge in [0.15, 0.2) is 4.80 Å². The Kier molecular flexibility index (Phi) is 9.38. The van der Waals surface area contributed by atoms with Gasteiger partial charge in [0.25, 0.3) is 5.56 Å². The highest BCUT2D eigenvalue weighted by Crippen LogP contribution is 2.38. The van der Waals surface area contributed by atoms with Crippen LogP contribution in [-0.4, -0.2) is 24.3 Å². The summed E-state index contributed by atoms with van der Waals surface area (Å²) in [5, 5.41) is 2.73. The fraction of sp³-hybridized carbons (Fsp3) is 0.216. The lowest BCUT2D eigenvalue weighted by Gasteiger charge is -2.27. The molecule has 0 saturated carbocycles. The van der Waals surface area contributed by atoms with Crippen molar-refractivity contribution in [3.8, 4) is 11.5 Å². The summed E-state index contributed by atoms with van der Waals surface area (Å²) < 4.78 is 19.6. The third kappa shape index (κ3) is 6.10. The number of thiazole rings is 1. The number of fused-ring (bicyclic) bond motifs is 2. The third-order valence-electron chi connectivity index (χ3n) is 7.85. The van der Waals surface area contributed by atoms with Crippen molar-refractivity contribution in [2.24, 2.45) is 4.99 Å². The number of halogens is 1. The van der Waals surface area contributed by atoms with E-state index in [0.717, 1.165) is 28.3 Å². The quantitative estimate of drug-likeness (QED) is 0.152. The standard InChI is InChI=1S/C37H33ClN2O5S/c1-4-11-29-33(36(42)44-5-2)34(28-21-26(38)18-19-31(28)43-3)40-35(41)32(46-37(40)39-29)20-24-13-7-9-17-30(24)45-22-25-15-10-14-23-12-6-8-16-27(23)25/h6-10,12-21,34H,4-5,11,22H2,1-3H3/b32-20+/t34-/m1/s1. The van der Waals surface area contributed by atoms with Crippen molar-refractivity contribution in [2.45, 2.75) is 39.3 Å². The number of esters is 1. The van der Waals surface area contributed by atoms with Gasteiger partial charge >= 0.3 is 5.97 Å². The lowest BCUT2D eigenvalue weighted by Crippen LogP contribution is -2.40. The van der Waals surface area contributed by atoms with Crippen LogP contribution in [0.5, 0.6) is 11.5 Å². The van der Waals surface area contributed by atoms with Gasteiger partial charge in [-0.15, -0.1) is 0 Å². The Hall–Kier alpha value is -4.66. The first kappa shape index (κ1) is 31.3. The molecule has 9 heteroatoms. The van der Waals surface area contributed by atoms with E-state index in [-0.39, 0.29) is 12.2 Å². The number of methoxy groups -OCH3 is 1. The number of carbonyl (C=O) groups excluding carboxylic acids is 1. The number of benzene rings is 4. The second-order valence-electron chi connectivity index (χ2n) is 10.8. The van der Waals surface area contributed by atoms with E-state index in [2.05, 4.69) is 24.3 Å². The average Bonchev–Trinajstić information content (AvgIpc) is 3.37. The molecule has 6 rings (SSSR count). The largest absolute Gasteiger partial charge is 0.496 e. The topological polar surface area (TPSA) is 79.1 Å². The predicted octanol–water partition coefficient (Wildman–Crippen LogP) is 6.97. The Morgan fingerprint density at radius 2 is 1.78 bits per heavy atom. The van der Waals surface area contributed by atoms with Crippen LogP contribution in [0.1, 0.15) is 49.4 Å². The first-order valence-electron chi connectivity index (χ1n) is 15.2. The molecular weight excluding hydrogens is 620 g/mol. The lowest BCUT2D eigenvalue weighted by atomic mass is 9.93. The van der Waals surface area contributed by atoms with E-state index in [1.54, 1.807) is 36.8 Å².